The third-order valence-corrected chi connectivity index (χ3v) is 6.29. The highest BCUT2D eigenvalue weighted by atomic mass is 32.1. The van der Waals surface area contributed by atoms with Crippen LogP contribution in [0.1, 0.15) is 23.8 Å². The number of thiophene rings is 1. The van der Waals surface area contributed by atoms with E-state index in [1.807, 2.05) is 45.0 Å². The fourth-order valence-electron chi connectivity index (χ4n) is 3.67. The average molecular weight is 385 g/mol. The van der Waals surface area contributed by atoms with Gasteiger partial charge in [0.05, 0.1) is 11.4 Å². The third kappa shape index (κ3) is 3.30. The van der Waals surface area contributed by atoms with Crippen LogP contribution in [0.15, 0.2) is 54.7 Å². The molecule has 1 aliphatic rings. The quantitative estimate of drug-likeness (QED) is 0.524. The summed E-state index contributed by atoms with van der Waals surface area (Å²) in [6, 6.07) is 8.88. The lowest BCUT2D eigenvalue weighted by molar-refractivity contribution is -0.941. The van der Waals surface area contributed by atoms with Crippen molar-refractivity contribution in [1.29, 1.82) is 0 Å². The van der Waals surface area contributed by atoms with Crippen molar-refractivity contribution in [2.24, 2.45) is 0 Å². The number of likely N-dealkylation sites (tertiary alicyclic amines) is 1. The smallest absolute Gasteiger partial charge is 0.203 e. The number of hydrogen-bond acceptors (Lipinski definition) is 4. The molecular formula is C19H22N5S2+. The fraction of sp³-hybridized carbons (Fsp3) is 0.316. The Labute approximate surface area is 162 Å². The number of aromatic nitrogens is 4. The largest absolute Gasteiger partial charge is 0.309 e. The molecule has 0 spiro atoms. The zero-order valence-corrected chi connectivity index (χ0v) is 16.2. The van der Waals surface area contributed by atoms with Gasteiger partial charge in [0.25, 0.3) is 0 Å². The van der Waals surface area contributed by atoms with Gasteiger partial charge >= 0.3 is 0 Å². The summed E-state index contributed by atoms with van der Waals surface area (Å²) in [6.45, 7) is 6.46. The molecule has 0 saturated carbocycles. The Morgan fingerprint density at radius 1 is 1.38 bits per heavy atom. The molecule has 0 aromatic carbocycles. The molecule has 3 aromatic heterocycles. The van der Waals surface area contributed by atoms with Gasteiger partial charge in [0, 0.05) is 37.3 Å². The van der Waals surface area contributed by atoms with E-state index >= 15 is 0 Å². The minimum absolute atomic E-state index is 0.545. The second-order valence-corrected chi connectivity index (χ2v) is 7.87. The summed E-state index contributed by atoms with van der Waals surface area (Å²) in [4.78, 5) is 7.22. The molecule has 7 heteroatoms. The highest BCUT2D eigenvalue weighted by Crippen LogP contribution is 2.24. The summed E-state index contributed by atoms with van der Waals surface area (Å²) in [5.74, 6) is 0.856. The van der Waals surface area contributed by atoms with Crippen molar-refractivity contribution >= 4 is 23.6 Å². The van der Waals surface area contributed by atoms with Gasteiger partial charge in [0.1, 0.15) is 6.04 Å². The minimum Gasteiger partial charge on any atom is -0.309 e. The lowest BCUT2D eigenvalue weighted by Crippen LogP contribution is -3.09. The topological polar surface area (TPSA) is 40.1 Å². The maximum absolute atomic E-state index is 5.74. The molecule has 0 bridgehead atoms. The van der Waals surface area contributed by atoms with E-state index in [0.717, 1.165) is 29.4 Å². The standard InChI is InChI=1S/C19H21N5S2/c1-2-10-23-18(15-6-3-9-20-13-15)21-24(19(23)25)14-22-11-4-7-16(22)17-8-5-12-26-17/h2-3,5-6,8-9,12-13,16H,1,4,7,10-11,14H2/p+1/t16-/m0/s1. The van der Waals surface area contributed by atoms with Crippen LogP contribution in [0.3, 0.4) is 0 Å². The number of rotatable bonds is 6. The van der Waals surface area contributed by atoms with Crippen LogP contribution in [0.2, 0.25) is 0 Å². The molecule has 0 amide bonds. The molecule has 0 radical (unpaired) electrons. The molecule has 4 heterocycles. The Morgan fingerprint density at radius 2 is 2.31 bits per heavy atom. The molecule has 1 aliphatic heterocycles. The van der Waals surface area contributed by atoms with Crippen LogP contribution < -0.4 is 4.90 Å². The highest BCUT2D eigenvalue weighted by molar-refractivity contribution is 7.71. The molecule has 134 valence electrons. The Bertz CT molecular complexity index is 927. The monoisotopic (exact) mass is 384 g/mol. The molecule has 0 aliphatic carbocycles. The molecule has 26 heavy (non-hydrogen) atoms. The van der Waals surface area contributed by atoms with Crippen molar-refractivity contribution in [3.05, 3.63) is 64.3 Å². The van der Waals surface area contributed by atoms with E-state index < -0.39 is 0 Å². The second-order valence-electron chi connectivity index (χ2n) is 6.52. The maximum atomic E-state index is 5.74. The summed E-state index contributed by atoms with van der Waals surface area (Å²) in [7, 11) is 0. The first-order valence-corrected chi connectivity index (χ1v) is 10.1. The molecule has 5 nitrogen and oxygen atoms in total. The summed E-state index contributed by atoms with van der Waals surface area (Å²) >= 11 is 7.58. The van der Waals surface area contributed by atoms with Crippen molar-refractivity contribution < 1.29 is 4.90 Å². The molecular weight excluding hydrogens is 362 g/mol. The van der Waals surface area contributed by atoms with Crippen LogP contribution in [0, 0.1) is 4.77 Å². The van der Waals surface area contributed by atoms with Gasteiger partial charge in [-0.25, -0.2) is 0 Å². The van der Waals surface area contributed by atoms with Gasteiger partial charge in [-0.15, -0.1) is 23.0 Å². The van der Waals surface area contributed by atoms with Crippen molar-refractivity contribution in [3.63, 3.8) is 0 Å². The number of allylic oxidation sites excluding steroid dienone is 1. The molecule has 2 atom stereocenters. The Hall–Kier alpha value is -2.09. The lowest BCUT2D eigenvalue weighted by Gasteiger charge is -2.20. The van der Waals surface area contributed by atoms with E-state index in [9.17, 15) is 0 Å². The van der Waals surface area contributed by atoms with Crippen LogP contribution in [0.25, 0.3) is 11.4 Å². The first-order chi connectivity index (χ1) is 12.8. The van der Waals surface area contributed by atoms with Crippen LogP contribution >= 0.6 is 23.6 Å². The fourth-order valence-corrected chi connectivity index (χ4v) is 4.86. The molecule has 1 fully saturated rings. The maximum Gasteiger partial charge on any atom is 0.203 e. The van der Waals surface area contributed by atoms with Crippen LogP contribution in [0.5, 0.6) is 0 Å². The van der Waals surface area contributed by atoms with Gasteiger partial charge in [0.2, 0.25) is 4.77 Å². The van der Waals surface area contributed by atoms with Gasteiger partial charge in [-0.2, -0.15) is 4.68 Å². The van der Waals surface area contributed by atoms with E-state index in [2.05, 4.69) is 29.1 Å². The van der Waals surface area contributed by atoms with Crippen molar-refractivity contribution in [2.45, 2.75) is 32.1 Å². The first kappa shape index (κ1) is 17.3. The van der Waals surface area contributed by atoms with E-state index in [4.69, 9.17) is 17.3 Å². The van der Waals surface area contributed by atoms with E-state index in [-0.39, 0.29) is 0 Å². The Morgan fingerprint density at radius 3 is 3.04 bits per heavy atom. The summed E-state index contributed by atoms with van der Waals surface area (Å²) < 4.78 is 4.75. The normalized spacial score (nSPS) is 19.7. The van der Waals surface area contributed by atoms with Crippen molar-refractivity contribution in [3.8, 4) is 11.4 Å². The lowest BCUT2D eigenvalue weighted by atomic mass is 10.2. The molecule has 1 unspecified atom stereocenters. The van der Waals surface area contributed by atoms with Crippen molar-refractivity contribution in [2.75, 3.05) is 6.54 Å². The summed E-state index contributed by atoms with van der Waals surface area (Å²) in [5, 5.41) is 7.01. The predicted octanol–water partition coefficient (Wildman–Crippen LogP) is 3.10. The van der Waals surface area contributed by atoms with Gasteiger partial charge in [-0.3, -0.25) is 9.55 Å². The number of hydrogen-bond donors (Lipinski definition) is 1. The average Bonchev–Trinajstić information content (AvgIpc) is 3.39. The number of nitrogens with one attached hydrogen (secondary N) is 1. The zero-order chi connectivity index (χ0) is 17.9. The van der Waals surface area contributed by atoms with E-state index in [0.29, 0.717) is 12.6 Å². The van der Waals surface area contributed by atoms with Crippen LogP contribution in [-0.4, -0.2) is 25.9 Å². The highest BCUT2D eigenvalue weighted by Gasteiger charge is 2.31. The van der Waals surface area contributed by atoms with Gasteiger partial charge in [-0.1, -0.05) is 12.1 Å². The van der Waals surface area contributed by atoms with Crippen molar-refractivity contribution in [1.82, 2.24) is 19.3 Å². The SMILES string of the molecule is C=CCn1c(-c2cccnc2)nn(C[NH+]2CCC[C@H]2c2cccs2)c1=S. The molecule has 1 saturated heterocycles. The number of nitrogens with zero attached hydrogens (tertiary/aromatic N) is 4. The van der Waals surface area contributed by atoms with E-state index in [1.165, 1.54) is 22.6 Å². The second kappa shape index (κ2) is 7.65. The molecule has 1 N–H and O–H groups in total. The Balaban J connectivity index is 1.67. The minimum atomic E-state index is 0.545. The number of quaternary nitrogens is 1. The van der Waals surface area contributed by atoms with Gasteiger partial charge in [0.15, 0.2) is 12.5 Å². The van der Waals surface area contributed by atoms with Crippen LogP contribution in [-0.2, 0) is 13.2 Å². The van der Waals surface area contributed by atoms with Gasteiger partial charge < -0.3 is 4.90 Å². The molecule has 4 rings (SSSR count). The zero-order valence-electron chi connectivity index (χ0n) is 14.5. The van der Waals surface area contributed by atoms with E-state index in [1.54, 1.807) is 6.20 Å². The summed E-state index contributed by atoms with van der Waals surface area (Å²) in [5.41, 5.74) is 0.977. The Kier molecular flexibility index (Phi) is 5.10. The summed E-state index contributed by atoms with van der Waals surface area (Å²) in [6.07, 6.45) is 7.93. The third-order valence-electron chi connectivity index (χ3n) is 4.88. The molecule has 3 aromatic rings. The predicted molar refractivity (Wildman–Crippen MR) is 107 cm³/mol. The van der Waals surface area contributed by atoms with Gasteiger partial charge in [-0.05, 0) is 35.8 Å². The first-order valence-electron chi connectivity index (χ1n) is 8.85. The van der Waals surface area contributed by atoms with Crippen LogP contribution in [0.4, 0.5) is 0 Å². The number of pyridine rings is 1.